The molecule has 1 aliphatic heterocycles. The van der Waals surface area contributed by atoms with E-state index in [1.807, 2.05) is 12.1 Å². The van der Waals surface area contributed by atoms with Crippen molar-refractivity contribution in [1.29, 1.82) is 0 Å². The molecular formula is C21H22BNO2. The molecule has 25 heavy (non-hydrogen) atoms. The summed E-state index contributed by atoms with van der Waals surface area (Å²) < 4.78 is 5.40. The van der Waals surface area contributed by atoms with Gasteiger partial charge in [0.05, 0.1) is 6.61 Å². The second kappa shape index (κ2) is 7.32. The highest BCUT2D eigenvalue weighted by atomic mass is 16.5. The van der Waals surface area contributed by atoms with Crippen LogP contribution in [0.2, 0.25) is 5.82 Å². The quantitative estimate of drug-likeness (QED) is 0.662. The van der Waals surface area contributed by atoms with E-state index in [0.717, 1.165) is 19.5 Å². The molecule has 3 aliphatic rings. The molecule has 0 spiro atoms. The Morgan fingerprint density at radius 1 is 1.24 bits per heavy atom. The van der Waals surface area contributed by atoms with Gasteiger partial charge in [0.25, 0.3) is 0 Å². The predicted molar refractivity (Wildman–Crippen MR) is 101 cm³/mol. The average Bonchev–Trinajstić information content (AvgIpc) is 3.03. The smallest absolute Gasteiger partial charge is 0.427 e. The van der Waals surface area contributed by atoms with Gasteiger partial charge in [-0.2, -0.15) is 0 Å². The lowest BCUT2D eigenvalue weighted by Gasteiger charge is -2.33. The summed E-state index contributed by atoms with van der Waals surface area (Å²) in [6.45, 7) is 2.32. The Morgan fingerprint density at radius 2 is 2.12 bits per heavy atom. The minimum absolute atomic E-state index is 0.0932. The highest BCUT2D eigenvalue weighted by molar-refractivity contribution is 6.47. The molecule has 1 heterocycles. The van der Waals surface area contributed by atoms with Gasteiger partial charge in [0.1, 0.15) is 0 Å². The van der Waals surface area contributed by atoms with Gasteiger partial charge in [-0.05, 0) is 35.8 Å². The Bertz CT molecular complexity index is 774. The molecule has 1 saturated heterocycles. The second-order valence-electron chi connectivity index (χ2n) is 6.83. The fourth-order valence-electron chi connectivity index (χ4n) is 3.67. The van der Waals surface area contributed by atoms with Crippen molar-refractivity contribution in [1.82, 2.24) is 4.90 Å². The van der Waals surface area contributed by atoms with Crippen LogP contribution >= 0.6 is 0 Å². The van der Waals surface area contributed by atoms with Crippen LogP contribution in [0.25, 0.3) is 0 Å². The molecule has 2 atom stereocenters. The lowest BCUT2D eigenvalue weighted by atomic mass is 9.67. The minimum Gasteiger partial charge on any atom is -0.427 e. The van der Waals surface area contributed by atoms with E-state index >= 15 is 0 Å². The summed E-state index contributed by atoms with van der Waals surface area (Å²) in [6.07, 6.45) is 13.5. The largest absolute Gasteiger partial charge is 0.462 e. The van der Waals surface area contributed by atoms with Gasteiger partial charge in [0.15, 0.2) is 0 Å². The van der Waals surface area contributed by atoms with E-state index in [2.05, 4.69) is 65.3 Å². The normalized spacial score (nSPS) is 24.1. The molecule has 3 nitrogen and oxygen atoms in total. The first kappa shape index (κ1) is 16.2. The molecule has 126 valence electrons. The van der Waals surface area contributed by atoms with E-state index in [0.29, 0.717) is 12.5 Å². The summed E-state index contributed by atoms with van der Waals surface area (Å²) in [7, 11) is -0.675. The number of rotatable bonds is 5. The standard InChI is InChI=1S/C21H22BNO2/c24-22-21-13-20(12-11-19(21)16-25-22)23(14-17-7-3-1-4-8-17)15-18-9-5-2-6-10-18/h1-5,7-12,18,21,24H,13-16H2. The maximum atomic E-state index is 10.1. The molecule has 0 aromatic heterocycles. The molecule has 1 N–H and O–H groups in total. The van der Waals surface area contributed by atoms with Crippen LogP contribution in [0, 0.1) is 5.92 Å². The average molecular weight is 331 g/mol. The highest BCUT2D eigenvalue weighted by Crippen LogP contribution is 2.38. The third kappa shape index (κ3) is 3.72. The molecule has 4 rings (SSSR count). The monoisotopic (exact) mass is 331 g/mol. The van der Waals surface area contributed by atoms with Gasteiger partial charge < -0.3 is 14.6 Å². The molecule has 0 radical (unpaired) electrons. The van der Waals surface area contributed by atoms with Crippen LogP contribution in [-0.2, 0) is 11.2 Å². The zero-order valence-corrected chi connectivity index (χ0v) is 14.2. The lowest BCUT2D eigenvalue weighted by Crippen LogP contribution is -2.30. The first-order chi connectivity index (χ1) is 12.3. The summed E-state index contributed by atoms with van der Waals surface area (Å²) >= 11 is 0. The summed E-state index contributed by atoms with van der Waals surface area (Å²) in [4.78, 5) is 2.42. The Kier molecular flexibility index (Phi) is 4.75. The first-order valence-corrected chi connectivity index (χ1v) is 8.87. The van der Waals surface area contributed by atoms with Crippen LogP contribution in [0.5, 0.6) is 0 Å². The van der Waals surface area contributed by atoms with Crippen LogP contribution in [0.4, 0.5) is 0 Å². The number of hydrogen-bond acceptors (Lipinski definition) is 3. The zero-order valence-electron chi connectivity index (χ0n) is 14.2. The molecule has 2 unspecified atom stereocenters. The van der Waals surface area contributed by atoms with Crippen LogP contribution in [-0.4, -0.2) is 30.2 Å². The molecule has 0 bridgehead atoms. The van der Waals surface area contributed by atoms with E-state index in [4.69, 9.17) is 4.65 Å². The van der Waals surface area contributed by atoms with Crippen LogP contribution in [0.3, 0.4) is 0 Å². The van der Waals surface area contributed by atoms with Gasteiger partial charge in [-0.15, -0.1) is 5.73 Å². The molecule has 1 fully saturated rings. The van der Waals surface area contributed by atoms with Crippen LogP contribution < -0.4 is 0 Å². The Hall–Kier alpha value is -2.26. The number of fused-ring (bicyclic) bond motifs is 1. The third-order valence-electron chi connectivity index (χ3n) is 5.07. The van der Waals surface area contributed by atoms with Gasteiger partial charge in [0, 0.05) is 30.5 Å². The topological polar surface area (TPSA) is 32.7 Å². The van der Waals surface area contributed by atoms with Gasteiger partial charge >= 0.3 is 7.12 Å². The molecule has 1 aromatic rings. The van der Waals surface area contributed by atoms with Crippen LogP contribution in [0.15, 0.2) is 83.8 Å². The summed E-state index contributed by atoms with van der Waals surface area (Å²) in [6, 6.07) is 10.5. The van der Waals surface area contributed by atoms with Crippen molar-refractivity contribution in [2.24, 2.45) is 5.92 Å². The Morgan fingerprint density at radius 3 is 2.92 bits per heavy atom. The van der Waals surface area contributed by atoms with Crippen molar-refractivity contribution in [2.75, 3.05) is 13.2 Å². The van der Waals surface area contributed by atoms with Crippen LogP contribution in [0.1, 0.15) is 12.0 Å². The van der Waals surface area contributed by atoms with E-state index in [9.17, 15) is 5.02 Å². The van der Waals surface area contributed by atoms with Crippen molar-refractivity contribution in [3.63, 3.8) is 0 Å². The first-order valence-electron chi connectivity index (χ1n) is 8.87. The fourth-order valence-corrected chi connectivity index (χ4v) is 3.67. The van der Waals surface area contributed by atoms with Gasteiger partial charge in [-0.1, -0.05) is 48.6 Å². The summed E-state index contributed by atoms with van der Waals surface area (Å²) in [5, 5.41) is 10.1. The second-order valence-corrected chi connectivity index (χ2v) is 6.83. The SMILES string of the molecule is OB1OCC2=CC=C(N(Cc3ccccc3)CC3C=C=CC=C3)CC12. The fraction of sp³-hybridized carbons (Fsp3) is 0.286. The molecule has 0 saturated carbocycles. The third-order valence-corrected chi connectivity index (χ3v) is 5.07. The molecular weight excluding hydrogens is 309 g/mol. The number of allylic oxidation sites excluding steroid dienone is 4. The number of nitrogens with zero attached hydrogens (tertiary/aromatic N) is 1. The number of hydrogen-bond donors (Lipinski definition) is 1. The lowest BCUT2D eigenvalue weighted by molar-refractivity contribution is 0.300. The highest BCUT2D eigenvalue weighted by Gasteiger charge is 2.39. The zero-order chi connectivity index (χ0) is 17.1. The maximum Gasteiger partial charge on any atom is 0.462 e. The molecule has 0 amide bonds. The summed E-state index contributed by atoms with van der Waals surface area (Å²) in [5.74, 6) is 0.445. The Balaban J connectivity index is 1.56. The molecule has 1 aromatic carbocycles. The van der Waals surface area contributed by atoms with Gasteiger partial charge in [-0.25, -0.2) is 0 Å². The molecule has 4 heteroatoms. The van der Waals surface area contributed by atoms with Gasteiger partial charge in [0.2, 0.25) is 0 Å². The van der Waals surface area contributed by atoms with Crippen molar-refractivity contribution >= 4 is 7.12 Å². The van der Waals surface area contributed by atoms with Gasteiger partial charge in [-0.3, -0.25) is 0 Å². The van der Waals surface area contributed by atoms with E-state index in [1.54, 1.807) is 0 Å². The van der Waals surface area contributed by atoms with E-state index in [1.165, 1.54) is 16.8 Å². The molecule has 2 aliphatic carbocycles. The minimum atomic E-state index is -0.675. The van der Waals surface area contributed by atoms with E-state index < -0.39 is 7.12 Å². The van der Waals surface area contributed by atoms with Crippen molar-refractivity contribution < 1.29 is 9.68 Å². The maximum absolute atomic E-state index is 10.1. The summed E-state index contributed by atoms with van der Waals surface area (Å²) in [5.41, 5.74) is 6.96. The Labute approximate surface area is 149 Å². The van der Waals surface area contributed by atoms with Crippen molar-refractivity contribution in [3.05, 3.63) is 89.4 Å². The predicted octanol–water partition coefficient (Wildman–Crippen LogP) is 3.48. The van der Waals surface area contributed by atoms with Crippen molar-refractivity contribution in [2.45, 2.75) is 18.8 Å². The van der Waals surface area contributed by atoms with E-state index in [-0.39, 0.29) is 5.82 Å². The van der Waals surface area contributed by atoms with Crippen molar-refractivity contribution in [3.8, 4) is 0 Å². The number of benzene rings is 1.